The number of phosphoric acid groups is 2. The van der Waals surface area contributed by atoms with E-state index in [4.69, 9.17) is 37.0 Å². The van der Waals surface area contributed by atoms with E-state index in [2.05, 4.69) is 34.6 Å². The molecule has 0 saturated carbocycles. The standard InChI is InChI=1S/C66H128O17P2/c1-6-9-12-15-16-17-18-19-20-21-22-23-24-27-31-34-37-42-47-52-66(71)83-62(56-77-64(69)50-45-41-36-33-30-28-25-26-29-32-35-40-43-48-59(4)5)58-81-85(74,75)79-54-60(67)53-78-84(72,73)80-57-61(82-65(70)51-46-39-14-11-8-3)55-76-63(68)49-44-38-13-10-7-2/h59-62,67H,6-58H2,1-5H3,(H,72,73)(H,74,75)/t60-,61+,62+/m0/s1. The zero-order chi connectivity index (χ0) is 62.8. The molecule has 0 aliphatic heterocycles. The number of aliphatic hydroxyl groups excluding tert-OH is 1. The minimum Gasteiger partial charge on any atom is -0.462 e. The number of carbonyl (C=O) groups excluding carboxylic acids is 4. The maximum atomic E-state index is 13.0. The van der Waals surface area contributed by atoms with Gasteiger partial charge in [-0.3, -0.25) is 37.3 Å². The summed E-state index contributed by atoms with van der Waals surface area (Å²) in [6, 6.07) is 0. The van der Waals surface area contributed by atoms with E-state index in [0.29, 0.717) is 25.7 Å². The van der Waals surface area contributed by atoms with Gasteiger partial charge in [0, 0.05) is 25.7 Å². The van der Waals surface area contributed by atoms with Gasteiger partial charge < -0.3 is 33.8 Å². The van der Waals surface area contributed by atoms with E-state index in [-0.39, 0.29) is 25.7 Å². The third-order valence-corrected chi connectivity index (χ3v) is 17.2. The lowest BCUT2D eigenvalue weighted by Gasteiger charge is -2.21. The lowest BCUT2D eigenvalue weighted by molar-refractivity contribution is -0.161. The first kappa shape index (κ1) is 83.1. The molecule has 0 bridgehead atoms. The lowest BCUT2D eigenvalue weighted by Crippen LogP contribution is -2.30. The number of esters is 4. The van der Waals surface area contributed by atoms with Crippen molar-refractivity contribution in [1.29, 1.82) is 0 Å². The Labute approximate surface area is 517 Å². The Hall–Kier alpha value is -1.94. The van der Waals surface area contributed by atoms with Crippen LogP contribution in [-0.4, -0.2) is 96.7 Å². The minimum atomic E-state index is -4.94. The molecule has 0 saturated heterocycles. The summed E-state index contributed by atoms with van der Waals surface area (Å²) in [7, 11) is -9.87. The molecule has 0 aromatic rings. The fourth-order valence-electron chi connectivity index (χ4n) is 9.94. The highest BCUT2D eigenvalue weighted by Gasteiger charge is 2.30. The predicted octanol–water partition coefficient (Wildman–Crippen LogP) is 18.6. The maximum Gasteiger partial charge on any atom is 0.472 e. The monoisotopic (exact) mass is 1250 g/mol. The second-order valence-corrected chi connectivity index (χ2v) is 27.2. The van der Waals surface area contributed by atoms with Gasteiger partial charge >= 0.3 is 39.5 Å². The highest BCUT2D eigenvalue weighted by molar-refractivity contribution is 7.47. The highest BCUT2D eigenvalue weighted by atomic mass is 31.2. The van der Waals surface area contributed by atoms with Gasteiger partial charge in [0.05, 0.1) is 26.4 Å². The summed E-state index contributed by atoms with van der Waals surface area (Å²) in [5, 5.41) is 10.5. The molecule has 0 radical (unpaired) electrons. The van der Waals surface area contributed by atoms with Gasteiger partial charge in [0.25, 0.3) is 0 Å². The number of hydrogen-bond acceptors (Lipinski definition) is 15. The third kappa shape index (κ3) is 60.7. The predicted molar refractivity (Wildman–Crippen MR) is 340 cm³/mol. The second kappa shape index (κ2) is 59.7. The van der Waals surface area contributed by atoms with Crippen molar-refractivity contribution in [1.82, 2.24) is 0 Å². The van der Waals surface area contributed by atoms with Crippen LogP contribution in [0.5, 0.6) is 0 Å². The Morgan fingerprint density at radius 2 is 0.541 bits per heavy atom. The van der Waals surface area contributed by atoms with Crippen molar-refractivity contribution in [3.05, 3.63) is 0 Å². The quantitative estimate of drug-likeness (QED) is 0.0222. The summed E-state index contributed by atoms with van der Waals surface area (Å²) in [5.74, 6) is -1.36. The van der Waals surface area contributed by atoms with E-state index in [0.717, 1.165) is 102 Å². The molecule has 0 aliphatic carbocycles. The van der Waals surface area contributed by atoms with E-state index in [1.54, 1.807) is 0 Å². The van der Waals surface area contributed by atoms with Crippen molar-refractivity contribution in [2.75, 3.05) is 39.6 Å². The van der Waals surface area contributed by atoms with E-state index < -0.39 is 97.5 Å². The first-order chi connectivity index (χ1) is 41.0. The van der Waals surface area contributed by atoms with Crippen LogP contribution in [0, 0.1) is 5.92 Å². The number of ether oxygens (including phenoxy) is 4. The zero-order valence-corrected chi connectivity index (χ0v) is 56.5. The molecule has 17 nitrogen and oxygen atoms in total. The molecule has 0 fully saturated rings. The van der Waals surface area contributed by atoms with Crippen LogP contribution >= 0.6 is 15.6 Å². The fourth-order valence-corrected chi connectivity index (χ4v) is 11.5. The number of phosphoric ester groups is 2. The van der Waals surface area contributed by atoms with Gasteiger partial charge in [0.2, 0.25) is 0 Å². The molecule has 0 heterocycles. The van der Waals surface area contributed by atoms with E-state index in [9.17, 15) is 43.2 Å². The molecule has 0 spiro atoms. The summed E-state index contributed by atoms with van der Waals surface area (Å²) in [5.41, 5.74) is 0. The first-order valence-electron chi connectivity index (χ1n) is 34.6. The average Bonchev–Trinajstić information content (AvgIpc) is 3.57. The summed E-state index contributed by atoms with van der Waals surface area (Å²) >= 11 is 0. The van der Waals surface area contributed by atoms with Crippen LogP contribution in [0.3, 0.4) is 0 Å². The molecule has 0 rings (SSSR count). The Balaban J connectivity index is 5.07. The van der Waals surface area contributed by atoms with Crippen molar-refractivity contribution in [2.45, 2.75) is 355 Å². The third-order valence-electron chi connectivity index (χ3n) is 15.3. The zero-order valence-electron chi connectivity index (χ0n) is 54.7. The molecule has 85 heavy (non-hydrogen) atoms. The van der Waals surface area contributed by atoms with Crippen molar-refractivity contribution in [3.8, 4) is 0 Å². The average molecular weight is 1260 g/mol. The number of hydrogen-bond donors (Lipinski definition) is 3. The normalized spacial score (nSPS) is 14.2. The van der Waals surface area contributed by atoms with Gasteiger partial charge in [0.1, 0.15) is 19.3 Å². The van der Waals surface area contributed by atoms with Crippen molar-refractivity contribution < 1.29 is 80.2 Å². The van der Waals surface area contributed by atoms with Gasteiger partial charge in [-0.2, -0.15) is 0 Å². The van der Waals surface area contributed by atoms with Crippen LogP contribution in [-0.2, 0) is 65.4 Å². The van der Waals surface area contributed by atoms with E-state index in [1.807, 2.05) is 0 Å². The SMILES string of the molecule is CCCCCCCCCCCCCCCCCCCCCC(=O)O[C@H](COC(=O)CCCCCCCCCCCCCCCC(C)C)COP(=O)(O)OC[C@@H](O)COP(=O)(O)OC[C@@H](COC(=O)CCCCCCC)OC(=O)CCCCCCC. The van der Waals surface area contributed by atoms with Crippen LogP contribution in [0.15, 0.2) is 0 Å². The molecular formula is C66H128O17P2. The molecule has 5 atom stereocenters. The summed E-state index contributed by atoms with van der Waals surface area (Å²) in [6.07, 6.45) is 45.4. The van der Waals surface area contributed by atoms with Gasteiger partial charge in [-0.05, 0) is 31.6 Å². The Kier molecular flexibility index (Phi) is 58.3. The highest BCUT2D eigenvalue weighted by Crippen LogP contribution is 2.45. The minimum absolute atomic E-state index is 0.0990. The molecule has 504 valence electrons. The van der Waals surface area contributed by atoms with Crippen LogP contribution in [0.1, 0.15) is 336 Å². The maximum absolute atomic E-state index is 13.0. The molecule has 0 aliphatic rings. The van der Waals surface area contributed by atoms with Crippen LogP contribution < -0.4 is 0 Å². The van der Waals surface area contributed by atoms with Crippen LogP contribution in [0.2, 0.25) is 0 Å². The Bertz CT molecular complexity index is 1650. The largest absolute Gasteiger partial charge is 0.472 e. The van der Waals surface area contributed by atoms with Crippen molar-refractivity contribution in [2.24, 2.45) is 5.92 Å². The molecule has 2 unspecified atom stereocenters. The molecule has 0 aromatic carbocycles. The lowest BCUT2D eigenvalue weighted by atomic mass is 10.0. The number of rotatable bonds is 66. The Morgan fingerprint density at radius 3 is 0.800 bits per heavy atom. The first-order valence-corrected chi connectivity index (χ1v) is 37.6. The summed E-state index contributed by atoms with van der Waals surface area (Å²) in [6.45, 7) is 7.05. The van der Waals surface area contributed by atoms with Gasteiger partial charge in [-0.25, -0.2) is 9.13 Å². The van der Waals surface area contributed by atoms with E-state index in [1.165, 1.54) is 154 Å². The number of unbranched alkanes of at least 4 members (excludes halogenated alkanes) is 38. The van der Waals surface area contributed by atoms with E-state index >= 15 is 0 Å². The summed E-state index contributed by atoms with van der Waals surface area (Å²) in [4.78, 5) is 71.8. The molecular weight excluding hydrogens is 1130 g/mol. The van der Waals surface area contributed by atoms with Gasteiger partial charge in [-0.1, -0.05) is 285 Å². The second-order valence-electron chi connectivity index (χ2n) is 24.3. The molecule has 0 aromatic heterocycles. The van der Waals surface area contributed by atoms with Crippen LogP contribution in [0.25, 0.3) is 0 Å². The van der Waals surface area contributed by atoms with Crippen LogP contribution in [0.4, 0.5) is 0 Å². The van der Waals surface area contributed by atoms with Crippen molar-refractivity contribution in [3.63, 3.8) is 0 Å². The number of carbonyl (C=O) groups is 4. The van der Waals surface area contributed by atoms with Gasteiger partial charge in [0.15, 0.2) is 12.2 Å². The Morgan fingerprint density at radius 1 is 0.318 bits per heavy atom. The fraction of sp³-hybridized carbons (Fsp3) is 0.939. The number of aliphatic hydroxyl groups is 1. The molecule has 19 heteroatoms. The molecule has 3 N–H and O–H groups in total. The smallest absolute Gasteiger partial charge is 0.462 e. The van der Waals surface area contributed by atoms with Gasteiger partial charge in [-0.15, -0.1) is 0 Å². The summed E-state index contributed by atoms with van der Waals surface area (Å²) < 4.78 is 67.6. The molecule has 0 amide bonds. The van der Waals surface area contributed by atoms with Crippen molar-refractivity contribution >= 4 is 39.5 Å². The topological polar surface area (TPSA) is 237 Å².